The second-order valence-corrected chi connectivity index (χ2v) is 4.35. The van der Waals surface area contributed by atoms with E-state index in [9.17, 15) is 4.79 Å². The summed E-state index contributed by atoms with van der Waals surface area (Å²) in [5, 5.41) is 3.23. The lowest BCUT2D eigenvalue weighted by Gasteiger charge is -2.11. The number of methoxy groups -OCH3 is 2. The van der Waals surface area contributed by atoms with Crippen molar-refractivity contribution >= 4 is 23.2 Å². The third-order valence-corrected chi connectivity index (χ3v) is 2.68. The second kappa shape index (κ2) is 9.11. The van der Waals surface area contributed by atoms with Crippen LogP contribution in [0, 0.1) is 0 Å². The zero-order valence-corrected chi connectivity index (χ0v) is 12.4. The maximum Gasteiger partial charge on any atom is 0.242 e. The average Bonchev–Trinajstić information content (AvgIpc) is 2.46. The Kier molecular flexibility index (Phi) is 7.38. The first kappa shape index (κ1) is 16.2. The molecule has 20 heavy (non-hydrogen) atoms. The van der Waals surface area contributed by atoms with Crippen molar-refractivity contribution in [2.24, 2.45) is 0 Å². The molecular formula is C13H19N3O3S. The Hall–Kier alpha value is -1.86. The molecule has 0 aliphatic rings. The predicted molar refractivity (Wildman–Crippen MR) is 80.5 cm³/mol. The fourth-order valence-electron chi connectivity index (χ4n) is 1.41. The van der Waals surface area contributed by atoms with Gasteiger partial charge in [0.2, 0.25) is 5.91 Å². The summed E-state index contributed by atoms with van der Waals surface area (Å²) in [6.07, 6.45) is 0.262. The molecule has 0 spiro atoms. The van der Waals surface area contributed by atoms with Gasteiger partial charge in [-0.1, -0.05) is 12.1 Å². The molecule has 1 aromatic carbocycles. The van der Waals surface area contributed by atoms with E-state index in [-0.39, 0.29) is 12.3 Å². The zero-order valence-electron chi connectivity index (χ0n) is 11.6. The molecule has 1 amide bonds. The van der Waals surface area contributed by atoms with Gasteiger partial charge >= 0.3 is 0 Å². The molecule has 0 aliphatic heterocycles. The largest absolute Gasteiger partial charge is 0.497 e. The first-order valence-electron chi connectivity index (χ1n) is 6.10. The lowest BCUT2D eigenvalue weighted by atomic mass is 10.1. The Bertz CT molecular complexity index is 437. The Labute approximate surface area is 123 Å². The lowest BCUT2D eigenvalue weighted by Crippen LogP contribution is -2.47. The van der Waals surface area contributed by atoms with Crippen LogP contribution in [0.1, 0.15) is 5.56 Å². The van der Waals surface area contributed by atoms with Crippen LogP contribution in [0.25, 0.3) is 0 Å². The third-order valence-electron chi connectivity index (χ3n) is 2.43. The summed E-state index contributed by atoms with van der Waals surface area (Å²) in [6, 6.07) is 7.31. The smallest absolute Gasteiger partial charge is 0.242 e. The molecule has 0 bridgehead atoms. The summed E-state index contributed by atoms with van der Waals surface area (Å²) < 4.78 is 9.92. The van der Waals surface area contributed by atoms with Gasteiger partial charge in [-0.3, -0.25) is 15.6 Å². The van der Waals surface area contributed by atoms with E-state index < -0.39 is 0 Å². The first-order chi connectivity index (χ1) is 9.65. The SMILES string of the molecule is COCCNC(=S)NNC(=O)Cc1ccc(OC)cc1. The molecule has 1 rings (SSSR count). The number of nitrogens with one attached hydrogen (secondary N) is 3. The van der Waals surface area contributed by atoms with Gasteiger partial charge in [0.25, 0.3) is 0 Å². The summed E-state index contributed by atoms with van der Waals surface area (Å²) in [7, 11) is 3.21. The number of carbonyl (C=O) groups excluding carboxylic acids is 1. The molecule has 6 nitrogen and oxygen atoms in total. The Balaban J connectivity index is 2.27. The molecule has 0 radical (unpaired) electrons. The highest BCUT2D eigenvalue weighted by Crippen LogP contribution is 2.11. The second-order valence-electron chi connectivity index (χ2n) is 3.95. The van der Waals surface area contributed by atoms with E-state index in [2.05, 4.69) is 16.2 Å². The molecule has 1 aromatic rings. The zero-order chi connectivity index (χ0) is 14.8. The fourth-order valence-corrected chi connectivity index (χ4v) is 1.56. The van der Waals surface area contributed by atoms with Crippen LogP contribution < -0.4 is 20.9 Å². The Morgan fingerprint density at radius 3 is 2.50 bits per heavy atom. The highest BCUT2D eigenvalue weighted by atomic mass is 32.1. The number of thiocarbonyl (C=S) groups is 1. The highest BCUT2D eigenvalue weighted by Gasteiger charge is 2.04. The lowest BCUT2D eigenvalue weighted by molar-refractivity contribution is -0.121. The minimum Gasteiger partial charge on any atom is -0.497 e. The molecule has 3 N–H and O–H groups in total. The Morgan fingerprint density at radius 1 is 1.20 bits per heavy atom. The molecular weight excluding hydrogens is 278 g/mol. The number of ether oxygens (including phenoxy) is 2. The van der Waals surface area contributed by atoms with Crippen molar-refractivity contribution in [3.63, 3.8) is 0 Å². The molecule has 0 saturated heterocycles. The van der Waals surface area contributed by atoms with E-state index in [0.29, 0.717) is 18.3 Å². The molecule has 0 atom stereocenters. The maximum atomic E-state index is 11.7. The molecule has 0 saturated carbocycles. The third kappa shape index (κ3) is 6.35. The molecule has 0 aromatic heterocycles. The summed E-state index contributed by atoms with van der Waals surface area (Å²) in [5.41, 5.74) is 6.04. The number of benzene rings is 1. The molecule has 0 fully saturated rings. The van der Waals surface area contributed by atoms with Crippen LogP contribution in [0.3, 0.4) is 0 Å². The van der Waals surface area contributed by atoms with Gasteiger partial charge in [0, 0.05) is 13.7 Å². The van der Waals surface area contributed by atoms with Gasteiger partial charge in [-0.2, -0.15) is 0 Å². The van der Waals surface area contributed by atoms with Crippen molar-refractivity contribution in [1.29, 1.82) is 0 Å². The van der Waals surface area contributed by atoms with Crippen LogP contribution in [0.4, 0.5) is 0 Å². The number of hydrogen-bond acceptors (Lipinski definition) is 4. The minimum atomic E-state index is -0.175. The fraction of sp³-hybridized carbons (Fsp3) is 0.385. The topological polar surface area (TPSA) is 71.6 Å². The van der Waals surface area contributed by atoms with Crippen LogP contribution in [0.15, 0.2) is 24.3 Å². The van der Waals surface area contributed by atoms with E-state index in [4.69, 9.17) is 21.7 Å². The highest BCUT2D eigenvalue weighted by molar-refractivity contribution is 7.80. The van der Waals surface area contributed by atoms with E-state index in [1.165, 1.54) is 0 Å². The van der Waals surface area contributed by atoms with Gasteiger partial charge in [0.05, 0.1) is 20.1 Å². The normalized spacial score (nSPS) is 9.70. The molecule has 0 aliphatic carbocycles. The van der Waals surface area contributed by atoms with Gasteiger partial charge in [0.15, 0.2) is 5.11 Å². The first-order valence-corrected chi connectivity index (χ1v) is 6.51. The number of hydrogen-bond donors (Lipinski definition) is 3. The number of amides is 1. The molecule has 7 heteroatoms. The average molecular weight is 297 g/mol. The van der Waals surface area contributed by atoms with Crippen LogP contribution in [-0.2, 0) is 16.0 Å². The van der Waals surface area contributed by atoms with Gasteiger partial charge in [0.1, 0.15) is 5.75 Å². The predicted octanol–water partition coefficient (Wildman–Crippen LogP) is 0.379. The van der Waals surface area contributed by atoms with Gasteiger partial charge in [-0.25, -0.2) is 0 Å². The van der Waals surface area contributed by atoms with Crippen molar-refractivity contribution in [3.05, 3.63) is 29.8 Å². The van der Waals surface area contributed by atoms with Gasteiger partial charge in [-0.05, 0) is 29.9 Å². The quantitative estimate of drug-likeness (QED) is 0.401. The van der Waals surface area contributed by atoms with Gasteiger partial charge in [-0.15, -0.1) is 0 Å². The van der Waals surface area contributed by atoms with Crippen LogP contribution in [-0.4, -0.2) is 38.4 Å². The number of carbonyl (C=O) groups is 1. The van der Waals surface area contributed by atoms with E-state index >= 15 is 0 Å². The summed E-state index contributed by atoms with van der Waals surface area (Å²) in [5.74, 6) is 0.585. The molecule has 0 unspecified atom stereocenters. The van der Waals surface area contributed by atoms with Crippen molar-refractivity contribution in [1.82, 2.24) is 16.2 Å². The standard InChI is InChI=1S/C13H19N3O3S/c1-18-8-7-14-13(20)16-15-12(17)9-10-3-5-11(19-2)6-4-10/h3-6H,7-9H2,1-2H3,(H,15,17)(H2,14,16,20). The van der Waals surface area contributed by atoms with Crippen molar-refractivity contribution in [3.8, 4) is 5.75 Å². The summed E-state index contributed by atoms with van der Waals surface area (Å²) in [4.78, 5) is 11.7. The van der Waals surface area contributed by atoms with E-state index in [1.54, 1.807) is 14.2 Å². The number of hydrazine groups is 1. The van der Waals surface area contributed by atoms with Crippen molar-refractivity contribution < 1.29 is 14.3 Å². The van der Waals surface area contributed by atoms with Gasteiger partial charge < -0.3 is 14.8 Å². The summed E-state index contributed by atoms with van der Waals surface area (Å²) >= 11 is 4.97. The van der Waals surface area contributed by atoms with E-state index in [0.717, 1.165) is 11.3 Å². The van der Waals surface area contributed by atoms with Crippen molar-refractivity contribution in [2.75, 3.05) is 27.4 Å². The maximum absolute atomic E-state index is 11.7. The van der Waals surface area contributed by atoms with Crippen molar-refractivity contribution in [2.45, 2.75) is 6.42 Å². The number of rotatable bonds is 6. The Morgan fingerprint density at radius 2 is 1.90 bits per heavy atom. The monoisotopic (exact) mass is 297 g/mol. The van der Waals surface area contributed by atoms with E-state index in [1.807, 2.05) is 24.3 Å². The van der Waals surface area contributed by atoms with Crippen LogP contribution >= 0.6 is 12.2 Å². The van der Waals surface area contributed by atoms with Crippen LogP contribution in [0.5, 0.6) is 5.75 Å². The molecule has 0 heterocycles. The minimum absolute atomic E-state index is 0.175. The summed E-state index contributed by atoms with van der Waals surface area (Å²) in [6.45, 7) is 1.12. The van der Waals surface area contributed by atoms with Crippen LogP contribution in [0.2, 0.25) is 0 Å². The molecule has 110 valence electrons.